The Morgan fingerprint density at radius 3 is 3.29 bits per heavy atom. The minimum Gasteiger partial charge on any atom is -0.314 e. The number of nitrogens with zero attached hydrogens (tertiary/aromatic N) is 2. The van der Waals surface area contributed by atoms with Crippen LogP contribution >= 0.6 is 11.8 Å². The van der Waals surface area contributed by atoms with Crippen LogP contribution in [0.4, 0.5) is 0 Å². The molecule has 2 rings (SSSR count). The molecule has 3 nitrogen and oxygen atoms in total. The first-order valence-electron chi connectivity index (χ1n) is 6.34. The Labute approximate surface area is 108 Å². The summed E-state index contributed by atoms with van der Waals surface area (Å²) in [5, 5.41) is 3.48. The van der Waals surface area contributed by atoms with Crippen molar-refractivity contribution in [2.24, 2.45) is 0 Å². The third kappa shape index (κ3) is 3.69. The minimum atomic E-state index is 0.495. The fourth-order valence-electron chi connectivity index (χ4n) is 2.24. The van der Waals surface area contributed by atoms with E-state index in [2.05, 4.69) is 28.2 Å². The molecule has 94 valence electrons. The molecule has 0 radical (unpaired) electrons. The van der Waals surface area contributed by atoms with Gasteiger partial charge in [0, 0.05) is 50.4 Å². The van der Waals surface area contributed by atoms with Crippen LogP contribution in [-0.2, 0) is 0 Å². The van der Waals surface area contributed by atoms with Crippen LogP contribution in [0.3, 0.4) is 0 Å². The maximum Gasteiger partial charge on any atom is 0.0488 e. The number of hydrogen-bond donors (Lipinski definition) is 1. The summed E-state index contributed by atoms with van der Waals surface area (Å²) in [7, 11) is 0. The Morgan fingerprint density at radius 1 is 1.59 bits per heavy atom. The van der Waals surface area contributed by atoms with Gasteiger partial charge < -0.3 is 5.32 Å². The van der Waals surface area contributed by atoms with Gasteiger partial charge in [-0.05, 0) is 17.4 Å². The monoisotopic (exact) mass is 251 g/mol. The first kappa shape index (κ1) is 12.9. The minimum absolute atomic E-state index is 0.495. The summed E-state index contributed by atoms with van der Waals surface area (Å²) in [6.07, 6.45) is 3.84. The molecule has 1 aliphatic heterocycles. The Hall–Kier alpha value is -0.580. The highest BCUT2D eigenvalue weighted by Gasteiger charge is 2.23. The van der Waals surface area contributed by atoms with Gasteiger partial charge in [-0.1, -0.05) is 13.0 Å². The van der Waals surface area contributed by atoms with Crippen molar-refractivity contribution < 1.29 is 0 Å². The van der Waals surface area contributed by atoms with Gasteiger partial charge in [-0.2, -0.15) is 11.8 Å². The van der Waals surface area contributed by atoms with Gasteiger partial charge in [0.1, 0.15) is 0 Å². The van der Waals surface area contributed by atoms with Crippen molar-refractivity contribution in [2.45, 2.75) is 13.0 Å². The smallest absolute Gasteiger partial charge is 0.0488 e. The van der Waals surface area contributed by atoms with Crippen molar-refractivity contribution >= 4 is 11.8 Å². The molecule has 17 heavy (non-hydrogen) atoms. The molecule has 1 aliphatic rings. The number of thioether (sulfide) groups is 1. The average Bonchev–Trinajstić information content (AvgIpc) is 2.41. The van der Waals surface area contributed by atoms with Crippen molar-refractivity contribution in [1.82, 2.24) is 15.2 Å². The standard InChI is InChI=1S/C13H21N3S/c1-2-17-9-8-16-7-6-15-11-13(16)12-4-3-5-14-10-12/h3-5,10,13,15H,2,6-9,11H2,1H3. The molecule has 1 N–H and O–H groups in total. The first-order valence-corrected chi connectivity index (χ1v) is 7.49. The van der Waals surface area contributed by atoms with Gasteiger partial charge in [-0.15, -0.1) is 0 Å². The van der Waals surface area contributed by atoms with Crippen LogP contribution in [0.25, 0.3) is 0 Å². The van der Waals surface area contributed by atoms with E-state index >= 15 is 0 Å². The van der Waals surface area contributed by atoms with Crippen molar-refractivity contribution in [3.05, 3.63) is 30.1 Å². The molecule has 1 aromatic heterocycles. The zero-order valence-corrected chi connectivity index (χ0v) is 11.2. The van der Waals surface area contributed by atoms with Crippen LogP contribution < -0.4 is 5.32 Å². The summed E-state index contributed by atoms with van der Waals surface area (Å²) in [6.45, 7) is 6.70. The van der Waals surface area contributed by atoms with Gasteiger partial charge in [0.05, 0.1) is 0 Å². The van der Waals surface area contributed by atoms with E-state index in [1.165, 1.54) is 23.6 Å². The quantitative estimate of drug-likeness (QED) is 0.808. The second-order valence-electron chi connectivity index (χ2n) is 4.24. The lowest BCUT2D eigenvalue weighted by molar-refractivity contribution is 0.172. The van der Waals surface area contributed by atoms with Gasteiger partial charge in [0.2, 0.25) is 0 Å². The molecule has 1 saturated heterocycles. The lowest BCUT2D eigenvalue weighted by Gasteiger charge is -2.36. The highest BCUT2D eigenvalue weighted by Crippen LogP contribution is 2.21. The third-order valence-corrected chi connectivity index (χ3v) is 4.03. The zero-order valence-electron chi connectivity index (χ0n) is 10.4. The van der Waals surface area contributed by atoms with E-state index in [9.17, 15) is 0 Å². The van der Waals surface area contributed by atoms with Crippen molar-refractivity contribution in [1.29, 1.82) is 0 Å². The number of rotatable bonds is 5. The van der Waals surface area contributed by atoms with Crippen LogP contribution in [0.5, 0.6) is 0 Å². The van der Waals surface area contributed by atoms with E-state index in [1.807, 2.05) is 30.2 Å². The van der Waals surface area contributed by atoms with Gasteiger partial charge in [-0.25, -0.2) is 0 Å². The van der Waals surface area contributed by atoms with Crippen LogP contribution in [0.2, 0.25) is 0 Å². The number of hydrogen-bond acceptors (Lipinski definition) is 4. The van der Waals surface area contributed by atoms with Crippen molar-refractivity contribution in [3.8, 4) is 0 Å². The van der Waals surface area contributed by atoms with Gasteiger partial charge in [0.15, 0.2) is 0 Å². The summed E-state index contributed by atoms with van der Waals surface area (Å²) in [6, 6.07) is 4.71. The highest BCUT2D eigenvalue weighted by molar-refractivity contribution is 7.99. The van der Waals surface area contributed by atoms with Gasteiger partial charge in [-0.3, -0.25) is 9.88 Å². The molecule has 0 spiro atoms. The summed E-state index contributed by atoms with van der Waals surface area (Å²) in [4.78, 5) is 6.81. The SMILES string of the molecule is CCSCCN1CCNCC1c1cccnc1. The molecule has 0 saturated carbocycles. The molecule has 0 aliphatic carbocycles. The largest absolute Gasteiger partial charge is 0.314 e. The molecule has 1 fully saturated rings. The zero-order chi connectivity index (χ0) is 11.9. The molecule has 0 amide bonds. The van der Waals surface area contributed by atoms with Crippen LogP contribution in [-0.4, -0.2) is 47.6 Å². The summed E-state index contributed by atoms with van der Waals surface area (Å²) < 4.78 is 0. The summed E-state index contributed by atoms with van der Waals surface area (Å²) in [5.41, 5.74) is 1.33. The predicted octanol–water partition coefficient (Wildman–Crippen LogP) is 1.78. The van der Waals surface area contributed by atoms with Crippen LogP contribution in [0.15, 0.2) is 24.5 Å². The third-order valence-electron chi connectivity index (χ3n) is 3.15. The highest BCUT2D eigenvalue weighted by atomic mass is 32.2. The topological polar surface area (TPSA) is 28.2 Å². The Morgan fingerprint density at radius 2 is 2.53 bits per heavy atom. The molecule has 1 atom stereocenters. The molecule has 1 unspecified atom stereocenters. The van der Waals surface area contributed by atoms with Gasteiger partial charge >= 0.3 is 0 Å². The fourth-order valence-corrected chi connectivity index (χ4v) is 2.89. The Balaban J connectivity index is 1.97. The number of piperazine rings is 1. The molecular formula is C13H21N3S. The van der Waals surface area contributed by atoms with E-state index < -0.39 is 0 Å². The first-order chi connectivity index (χ1) is 8.42. The second kappa shape index (κ2) is 6.99. The molecule has 2 heterocycles. The van der Waals surface area contributed by atoms with Crippen LogP contribution in [0, 0.1) is 0 Å². The lowest BCUT2D eigenvalue weighted by Crippen LogP contribution is -2.46. The normalized spacial score (nSPS) is 21.6. The lowest BCUT2D eigenvalue weighted by atomic mass is 10.1. The number of pyridine rings is 1. The Bertz CT molecular complexity index is 318. The molecular weight excluding hydrogens is 230 g/mol. The molecule has 0 aromatic carbocycles. The predicted molar refractivity (Wildman–Crippen MR) is 74.4 cm³/mol. The van der Waals surface area contributed by atoms with Gasteiger partial charge in [0.25, 0.3) is 0 Å². The number of aromatic nitrogens is 1. The van der Waals surface area contributed by atoms with Crippen molar-refractivity contribution in [2.75, 3.05) is 37.7 Å². The molecule has 4 heteroatoms. The van der Waals surface area contributed by atoms with Crippen LogP contribution in [0.1, 0.15) is 18.5 Å². The molecule has 0 bridgehead atoms. The van der Waals surface area contributed by atoms with E-state index in [0.29, 0.717) is 6.04 Å². The van der Waals surface area contributed by atoms with E-state index in [1.54, 1.807) is 0 Å². The second-order valence-corrected chi connectivity index (χ2v) is 5.63. The Kier molecular flexibility index (Phi) is 5.29. The summed E-state index contributed by atoms with van der Waals surface area (Å²) >= 11 is 2.02. The number of nitrogens with one attached hydrogen (secondary N) is 1. The average molecular weight is 251 g/mol. The fraction of sp³-hybridized carbons (Fsp3) is 0.615. The van der Waals surface area contributed by atoms with E-state index in [-0.39, 0.29) is 0 Å². The maximum absolute atomic E-state index is 4.23. The maximum atomic E-state index is 4.23. The van der Waals surface area contributed by atoms with E-state index in [0.717, 1.165) is 19.6 Å². The summed E-state index contributed by atoms with van der Waals surface area (Å²) in [5.74, 6) is 2.44. The molecule has 1 aromatic rings. The van der Waals surface area contributed by atoms with Crippen molar-refractivity contribution in [3.63, 3.8) is 0 Å². The van der Waals surface area contributed by atoms with E-state index in [4.69, 9.17) is 0 Å².